The lowest BCUT2D eigenvalue weighted by Crippen LogP contribution is -2.46. The minimum Gasteiger partial charge on any atom is -0.348 e. The summed E-state index contributed by atoms with van der Waals surface area (Å²) in [6, 6.07) is 3.98. The number of rotatable bonds is 4. The summed E-state index contributed by atoms with van der Waals surface area (Å²) in [6.45, 7) is 2.64. The zero-order valence-corrected chi connectivity index (χ0v) is 22.1. The lowest BCUT2D eigenvalue weighted by Gasteiger charge is -2.47. The SMILES string of the molecule is O=c1nc(N2CCC3(CCN(Cc4ccc(C(F)(F)F)c(F)c4)CC3)CC2)sc2c([N+](=O)[O-])cc(C(F)(F)F)cc12. The molecule has 0 aliphatic carbocycles. The zero-order chi connectivity index (χ0) is 29.7. The van der Waals surface area contributed by atoms with Gasteiger partial charge in [-0.25, -0.2) is 4.39 Å². The molecule has 0 amide bonds. The Morgan fingerprint density at radius 3 is 2.15 bits per heavy atom. The van der Waals surface area contributed by atoms with Gasteiger partial charge < -0.3 is 4.90 Å². The number of fused-ring (bicyclic) bond motifs is 1. The molecule has 0 bridgehead atoms. The molecule has 0 N–H and O–H groups in total. The van der Waals surface area contributed by atoms with E-state index in [0.29, 0.717) is 50.4 Å². The molecule has 2 aliphatic heterocycles. The van der Waals surface area contributed by atoms with E-state index in [1.165, 1.54) is 6.07 Å². The van der Waals surface area contributed by atoms with Crippen LogP contribution in [0.15, 0.2) is 35.1 Å². The van der Waals surface area contributed by atoms with Crippen LogP contribution in [0.1, 0.15) is 42.4 Å². The molecular formula is C26H23F7N4O3S. The van der Waals surface area contributed by atoms with Crippen LogP contribution in [0.3, 0.4) is 0 Å². The van der Waals surface area contributed by atoms with Crippen molar-refractivity contribution < 1.29 is 35.7 Å². The standard InChI is InChI=1S/C26H23F7N4O3S/c27-19-11-15(1-2-18(19)26(31,32)33)14-35-7-3-24(4-8-35)5-9-36(10-6-24)23-34-22(38)17-12-16(25(28,29)30)13-20(37(39)40)21(17)41-23/h1-2,11-13H,3-10,14H2. The van der Waals surface area contributed by atoms with Gasteiger partial charge in [0.05, 0.1) is 21.4 Å². The van der Waals surface area contributed by atoms with Crippen molar-refractivity contribution in [3.05, 3.63) is 73.3 Å². The Morgan fingerprint density at radius 1 is 0.951 bits per heavy atom. The molecule has 220 valence electrons. The highest BCUT2D eigenvalue weighted by Gasteiger charge is 2.39. The van der Waals surface area contributed by atoms with E-state index in [2.05, 4.69) is 9.88 Å². The monoisotopic (exact) mass is 604 g/mol. The second-order valence-corrected chi connectivity index (χ2v) is 11.5. The van der Waals surface area contributed by atoms with E-state index in [-0.39, 0.29) is 15.2 Å². The van der Waals surface area contributed by atoms with Crippen molar-refractivity contribution in [2.45, 2.75) is 44.6 Å². The molecule has 5 rings (SSSR count). The smallest absolute Gasteiger partial charge is 0.348 e. The first-order valence-corrected chi connectivity index (χ1v) is 13.5. The van der Waals surface area contributed by atoms with Gasteiger partial charge in [0.25, 0.3) is 11.2 Å². The van der Waals surface area contributed by atoms with Crippen molar-refractivity contribution in [3.8, 4) is 0 Å². The lowest BCUT2D eigenvalue weighted by molar-refractivity contribution is -0.383. The Hall–Kier alpha value is -3.33. The number of nitro benzene ring substituents is 1. The van der Waals surface area contributed by atoms with E-state index in [1.54, 1.807) is 0 Å². The fourth-order valence-electron chi connectivity index (χ4n) is 5.58. The molecule has 0 atom stereocenters. The van der Waals surface area contributed by atoms with Crippen LogP contribution in [0.25, 0.3) is 10.1 Å². The van der Waals surface area contributed by atoms with Gasteiger partial charge in [0, 0.05) is 25.7 Å². The number of non-ortho nitro benzene ring substituents is 1. The number of hydrogen-bond donors (Lipinski definition) is 0. The fraction of sp³-hybridized carbons (Fsp3) is 0.462. The maximum absolute atomic E-state index is 14.0. The van der Waals surface area contributed by atoms with Crippen molar-refractivity contribution in [3.63, 3.8) is 0 Å². The summed E-state index contributed by atoms with van der Waals surface area (Å²) < 4.78 is 92.0. The Bertz CT molecular complexity index is 1540. The van der Waals surface area contributed by atoms with Gasteiger partial charge in [0.1, 0.15) is 10.5 Å². The number of likely N-dealkylation sites (tertiary alicyclic amines) is 1. The number of anilines is 1. The predicted octanol–water partition coefficient (Wildman–Crippen LogP) is 6.62. The van der Waals surface area contributed by atoms with E-state index in [0.717, 1.165) is 49.2 Å². The summed E-state index contributed by atoms with van der Waals surface area (Å²) >= 11 is 0.819. The summed E-state index contributed by atoms with van der Waals surface area (Å²) in [6.07, 6.45) is -6.55. The number of benzene rings is 2. The van der Waals surface area contributed by atoms with Gasteiger partial charge in [-0.2, -0.15) is 31.3 Å². The first-order valence-electron chi connectivity index (χ1n) is 12.7. The van der Waals surface area contributed by atoms with Crippen molar-refractivity contribution in [2.24, 2.45) is 5.41 Å². The topological polar surface area (TPSA) is 79.6 Å². The Labute approximate surface area is 232 Å². The largest absolute Gasteiger partial charge is 0.419 e. The van der Waals surface area contributed by atoms with Gasteiger partial charge in [-0.3, -0.25) is 19.8 Å². The van der Waals surface area contributed by atoms with Crippen molar-refractivity contribution >= 4 is 32.2 Å². The number of aromatic nitrogens is 1. The normalized spacial score (nSPS) is 18.3. The van der Waals surface area contributed by atoms with Gasteiger partial charge in [-0.1, -0.05) is 17.4 Å². The molecule has 2 aromatic carbocycles. The summed E-state index contributed by atoms with van der Waals surface area (Å²) in [5, 5.41) is 11.3. The number of piperidine rings is 2. The van der Waals surface area contributed by atoms with Crippen LogP contribution in [0.5, 0.6) is 0 Å². The van der Waals surface area contributed by atoms with Crippen LogP contribution >= 0.6 is 11.3 Å². The summed E-state index contributed by atoms with van der Waals surface area (Å²) in [4.78, 5) is 31.1. The van der Waals surface area contributed by atoms with Gasteiger partial charge in [-0.05, 0) is 68.0 Å². The van der Waals surface area contributed by atoms with Crippen LogP contribution in [-0.2, 0) is 18.9 Å². The second kappa shape index (κ2) is 10.5. The third-order valence-electron chi connectivity index (χ3n) is 7.97. The summed E-state index contributed by atoms with van der Waals surface area (Å²) in [5.41, 5.74) is -3.91. The highest BCUT2D eigenvalue weighted by atomic mass is 32.1. The highest BCUT2D eigenvalue weighted by molar-refractivity contribution is 7.22. The predicted molar refractivity (Wildman–Crippen MR) is 137 cm³/mol. The van der Waals surface area contributed by atoms with Crippen LogP contribution in [0.2, 0.25) is 0 Å². The fourth-order valence-corrected chi connectivity index (χ4v) is 6.70. The van der Waals surface area contributed by atoms with Crippen LogP contribution < -0.4 is 10.5 Å². The molecule has 7 nitrogen and oxygen atoms in total. The summed E-state index contributed by atoms with van der Waals surface area (Å²) in [5.74, 6) is -1.30. The van der Waals surface area contributed by atoms with Crippen molar-refractivity contribution in [1.29, 1.82) is 0 Å². The van der Waals surface area contributed by atoms with E-state index < -0.39 is 50.9 Å². The number of halogens is 7. The van der Waals surface area contributed by atoms with E-state index in [4.69, 9.17) is 0 Å². The minimum absolute atomic E-state index is 0.0200. The van der Waals surface area contributed by atoms with E-state index in [9.17, 15) is 45.6 Å². The van der Waals surface area contributed by atoms with Gasteiger partial charge in [-0.15, -0.1) is 0 Å². The molecule has 41 heavy (non-hydrogen) atoms. The Balaban J connectivity index is 1.25. The minimum atomic E-state index is -4.86. The molecule has 1 spiro atoms. The third-order valence-corrected chi connectivity index (χ3v) is 9.14. The number of nitrogens with zero attached hydrogens (tertiary/aromatic N) is 4. The molecule has 15 heteroatoms. The third kappa shape index (κ3) is 6.01. The molecular weight excluding hydrogens is 581 g/mol. The molecule has 0 radical (unpaired) electrons. The molecule has 2 saturated heterocycles. The van der Waals surface area contributed by atoms with Crippen LogP contribution in [0.4, 0.5) is 41.6 Å². The Morgan fingerprint density at radius 2 is 1.59 bits per heavy atom. The van der Waals surface area contributed by atoms with Gasteiger partial charge >= 0.3 is 12.4 Å². The first kappa shape index (κ1) is 29.2. The van der Waals surface area contributed by atoms with Gasteiger partial charge in [0.2, 0.25) is 0 Å². The summed E-state index contributed by atoms with van der Waals surface area (Å²) in [7, 11) is 0. The first-order chi connectivity index (χ1) is 19.1. The average molecular weight is 605 g/mol. The number of alkyl halides is 6. The van der Waals surface area contributed by atoms with Crippen molar-refractivity contribution in [1.82, 2.24) is 9.88 Å². The van der Waals surface area contributed by atoms with Crippen LogP contribution in [-0.4, -0.2) is 41.0 Å². The molecule has 0 saturated carbocycles. The Kier molecular flexibility index (Phi) is 7.47. The van der Waals surface area contributed by atoms with Crippen LogP contribution in [0, 0.1) is 21.3 Å². The molecule has 2 aliphatic rings. The van der Waals surface area contributed by atoms with E-state index in [1.807, 2.05) is 4.90 Å². The molecule has 2 fully saturated rings. The second-order valence-electron chi connectivity index (χ2n) is 10.5. The quantitative estimate of drug-likeness (QED) is 0.189. The van der Waals surface area contributed by atoms with Gasteiger partial charge in [0.15, 0.2) is 5.13 Å². The van der Waals surface area contributed by atoms with E-state index >= 15 is 0 Å². The average Bonchev–Trinajstić information content (AvgIpc) is 2.89. The molecule has 1 aromatic heterocycles. The number of nitro groups is 1. The molecule has 3 aromatic rings. The zero-order valence-electron chi connectivity index (χ0n) is 21.3. The molecule has 0 unspecified atom stereocenters. The maximum Gasteiger partial charge on any atom is 0.419 e. The maximum atomic E-state index is 14.0. The van der Waals surface area contributed by atoms with Crippen molar-refractivity contribution in [2.75, 3.05) is 31.1 Å². The lowest BCUT2D eigenvalue weighted by atomic mass is 9.71. The molecule has 3 heterocycles. The number of hydrogen-bond acceptors (Lipinski definition) is 7. The highest BCUT2D eigenvalue weighted by Crippen LogP contribution is 2.44.